The van der Waals surface area contributed by atoms with Crippen LogP contribution in [0.15, 0.2) is 24.3 Å². The van der Waals surface area contributed by atoms with Crippen molar-refractivity contribution in [1.29, 1.82) is 0 Å². The Labute approximate surface area is 127 Å². The fourth-order valence-corrected chi connectivity index (χ4v) is 3.88. The highest BCUT2D eigenvalue weighted by Gasteiger charge is 2.20. The molecule has 0 bridgehead atoms. The van der Waals surface area contributed by atoms with E-state index in [1.807, 2.05) is 24.3 Å². The zero-order valence-corrected chi connectivity index (χ0v) is 13.3. The number of benzene rings is 1. The van der Waals surface area contributed by atoms with Crippen molar-refractivity contribution in [2.75, 3.05) is 26.0 Å². The van der Waals surface area contributed by atoms with Crippen molar-refractivity contribution < 1.29 is 13.2 Å². The molecule has 1 aromatic carbocycles. The van der Waals surface area contributed by atoms with Crippen LogP contribution in [0, 0.1) is 0 Å². The van der Waals surface area contributed by atoms with Crippen LogP contribution in [0.3, 0.4) is 0 Å². The van der Waals surface area contributed by atoms with Crippen molar-refractivity contribution in [2.45, 2.75) is 31.7 Å². The van der Waals surface area contributed by atoms with Gasteiger partial charge in [0.1, 0.15) is 5.75 Å². The maximum Gasteiger partial charge on any atom is 0.213 e. The lowest BCUT2D eigenvalue weighted by molar-refractivity contribution is 0.414. The van der Waals surface area contributed by atoms with Crippen LogP contribution in [-0.4, -0.2) is 40.4 Å². The lowest BCUT2D eigenvalue weighted by Crippen LogP contribution is -2.42. The summed E-state index contributed by atoms with van der Waals surface area (Å²) in [6, 6.07) is 7.77. The van der Waals surface area contributed by atoms with Crippen LogP contribution < -0.4 is 14.8 Å². The van der Waals surface area contributed by atoms with Crippen molar-refractivity contribution >= 4 is 10.0 Å². The molecule has 1 fully saturated rings. The molecule has 0 aliphatic carbocycles. The van der Waals surface area contributed by atoms with Gasteiger partial charge in [0.25, 0.3) is 0 Å². The minimum absolute atomic E-state index is 0.0947. The Morgan fingerprint density at radius 2 is 2.05 bits per heavy atom. The second kappa shape index (κ2) is 7.77. The molecule has 0 saturated carbocycles. The van der Waals surface area contributed by atoms with Crippen LogP contribution >= 0.6 is 0 Å². The average molecular weight is 312 g/mol. The molecule has 0 amide bonds. The first-order chi connectivity index (χ1) is 10.1. The molecule has 2 N–H and O–H groups in total. The molecule has 6 heteroatoms. The van der Waals surface area contributed by atoms with E-state index in [0.29, 0.717) is 13.0 Å². The Kier molecular flexibility index (Phi) is 6.02. The molecule has 1 aliphatic heterocycles. The molecule has 0 radical (unpaired) electrons. The molecule has 5 nitrogen and oxygen atoms in total. The normalized spacial score (nSPS) is 19.4. The van der Waals surface area contributed by atoms with Crippen LogP contribution in [0.25, 0.3) is 0 Å². The van der Waals surface area contributed by atoms with Gasteiger partial charge < -0.3 is 10.1 Å². The highest BCUT2D eigenvalue weighted by molar-refractivity contribution is 7.89. The molecule has 118 valence electrons. The highest BCUT2D eigenvalue weighted by atomic mass is 32.2. The van der Waals surface area contributed by atoms with Gasteiger partial charge in [0.05, 0.1) is 12.9 Å². The van der Waals surface area contributed by atoms with Gasteiger partial charge in [-0.25, -0.2) is 13.1 Å². The number of hydrogen-bond donors (Lipinski definition) is 2. The van der Waals surface area contributed by atoms with Crippen LogP contribution in [-0.2, 0) is 16.4 Å². The van der Waals surface area contributed by atoms with E-state index in [9.17, 15) is 8.42 Å². The maximum absolute atomic E-state index is 12.0. The Morgan fingerprint density at radius 3 is 2.67 bits per heavy atom. The summed E-state index contributed by atoms with van der Waals surface area (Å²) >= 11 is 0. The number of hydrogen-bond acceptors (Lipinski definition) is 4. The van der Waals surface area contributed by atoms with E-state index >= 15 is 0 Å². The number of rotatable bonds is 7. The van der Waals surface area contributed by atoms with Gasteiger partial charge in [-0.3, -0.25) is 0 Å². The summed E-state index contributed by atoms with van der Waals surface area (Å²) in [6.07, 6.45) is 3.88. The average Bonchev–Trinajstić information content (AvgIpc) is 2.48. The molecule has 1 atom stereocenters. The Morgan fingerprint density at radius 1 is 1.29 bits per heavy atom. The van der Waals surface area contributed by atoms with Gasteiger partial charge in [0.15, 0.2) is 0 Å². The number of nitrogens with one attached hydrogen (secondary N) is 2. The number of ether oxygens (including phenoxy) is 1. The summed E-state index contributed by atoms with van der Waals surface area (Å²) in [5.74, 6) is 0.984. The predicted molar refractivity (Wildman–Crippen MR) is 84.1 cm³/mol. The molecule has 1 saturated heterocycles. The second-order valence-electron chi connectivity index (χ2n) is 5.42. The monoisotopic (exact) mass is 312 g/mol. The lowest BCUT2D eigenvalue weighted by Gasteiger charge is -2.23. The van der Waals surface area contributed by atoms with E-state index in [4.69, 9.17) is 4.74 Å². The number of methoxy groups -OCH3 is 1. The van der Waals surface area contributed by atoms with Crippen molar-refractivity contribution in [3.8, 4) is 5.75 Å². The highest BCUT2D eigenvalue weighted by Crippen LogP contribution is 2.12. The van der Waals surface area contributed by atoms with E-state index in [1.54, 1.807) is 7.11 Å². The largest absolute Gasteiger partial charge is 0.497 e. The Bertz CT molecular complexity index is 522. The third kappa shape index (κ3) is 5.65. The molecule has 21 heavy (non-hydrogen) atoms. The molecule has 1 heterocycles. The zero-order chi connectivity index (χ0) is 15.1. The molecular weight excluding hydrogens is 288 g/mol. The number of sulfonamides is 1. The van der Waals surface area contributed by atoms with Crippen molar-refractivity contribution in [3.63, 3.8) is 0 Å². The summed E-state index contributed by atoms with van der Waals surface area (Å²) in [4.78, 5) is 0. The first-order valence-electron chi connectivity index (χ1n) is 7.43. The third-order valence-corrected chi connectivity index (χ3v) is 5.21. The molecule has 1 unspecified atom stereocenters. The van der Waals surface area contributed by atoms with Crippen LogP contribution in [0.2, 0.25) is 0 Å². The van der Waals surface area contributed by atoms with E-state index in [1.165, 1.54) is 0 Å². The third-order valence-electron chi connectivity index (χ3n) is 3.73. The minimum Gasteiger partial charge on any atom is -0.497 e. The zero-order valence-electron chi connectivity index (χ0n) is 12.5. The summed E-state index contributed by atoms with van der Waals surface area (Å²) in [5.41, 5.74) is 1.09. The Balaban J connectivity index is 1.75. The quantitative estimate of drug-likeness (QED) is 0.796. The summed E-state index contributed by atoms with van der Waals surface area (Å²) < 4.78 is 31.8. The van der Waals surface area contributed by atoms with E-state index in [-0.39, 0.29) is 11.8 Å². The smallest absolute Gasteiger partial charge is 0.213 e. The van der Waals surface area contributed by atoms with Crippen molar-refractivity contribution in [3.05, 3.63) is 29.8 Å². The van der Waals surface area contributed by atoms with Gasteiger partial charge in [-0.1, -0.05) is 18.6 Å². The van der Waals surface area contributed by atoms with Crippen LogP contribution in [0.4, 0.5) is 0 Å². The molecule has 0 aromatic heterocycles. The fraction of sp³-hybridized carbons (Fsp3) is 0.600. The van der Waals surface area contributed by atoms with Crippen LogP contribution in [0.1, 0.15) is 24.8 Å². The topological polar surface area (TPSA) is 67.4 Å². The van der Waals surface area contributed by atoms with E-state index in [2.05, 4.69) is 10.0 Å². The molecule has 2 rings (SSSR count). The predicted octanol–water partition coefficient (Wildman–Crippen LogP) is 1.30. The van der Waals surface area contributed by atoms with Gasteiger partial charge in [-0.2, -0.15) is 0 Å². The van der Waals surface area contributed by atoms with Crippen LogP contribution in [0.5, 0.6) is 5.75 Å². The first-order valence-corrected chi connectivity index (χ1v) is 9.08. The Hall–Kier alpha value is -1.11. The summed E-state index contributed by atoms with van der Waals surface area (Å²) in [6.45, 7) is 1.35. The van der Waals surface area contributed by atoms with E-state index in [0.717, 1.165) is 37.1 Å². The van der Waals surface area contributed by atoms with Gasteiger partial charge in [0, 0.05) is 12.6 Å². The maximum atomic E-state index is 12.0. The van der Waals surface area contributed by atoms with E-state index < -0.39 is 10.0 Å². The van der Waals surface area contributed by atoms with Gasteiger partial charge in [0.2, 0.25) is 10.0 Å². The summed E-state index contributed by atoms with van der Waals surface area (Å²) in [5, 5.41) is 3.26. The number of piperidine rings is 1. The van der Waals surface area contributed by atoms with Gasteiger partial charge in [-0.05, 0) is 43.5 Å². The first kappa shape index (κ1) is 16.3. The molecule has 1 aliphatic rings. The van der Waals surface area contributed by atoms with Gasteiger partial charge in [-0.15, -0.1) is 0 Å². The standard InChI is InChI=1S/C15H24N2O3S/c1-20-15-7-5-13(6-8-15)9-11-17-21(18,19)12-14-4-2-3-10-16-14/h5-8,14,16-17H,2-4,9-12H2,1H3. The molecular formula is C15H24N2O3S. The lowest BCUT2D eigenvalue weighted by atomic mass is 10.1. The van der Waals surface area contributed by atoms with Crippen molar-refractivity contribution in [2.24, 2.45) is 0 Å². The SMILES string of the molecule is COc1ccc(CCNS(=O)(=O)CC2CCCCN2)cc1. The molecule has 1 aromatic rings. The summed E-state index contributed by atoms with van der Waals surface area (Å²) in [7, 11) is -1.57. The van der Waals surface area contributed by atoms with Crippen molar-refractivity contribution in [1.82, 2.24) is 10.0 Å². The second-order valence-corrected chi connectivity index (χ2v) is 7.27. The van der Waals surface area contributed by atoms with Gasteiger partial charge >= 0.3 is 0 Å². The molecule has 0 spiro atoms. The minimum atomic E-state index is -3.20. The fourth-order valence-electron chi connectivity index (χ4n) is 2.53.